The molecule has 11 heteroatoms. The second-order valence-corrected chi connectivity index (χ2v) is 8.60. The summed E-state index contributed by atoms with van der Waals surface area (Å²) >= 11 is 0. The van der Waals surface area contributed by atoms with E-state index in [-0.39, 0.29) is 27.9 Å². The van der Waals surface area contributed by atoms with Crippen molar-refractivity contribution in [3.8, 4) is 17.2 Å². The lowest BCUT2D eigenvalue weighted by Gasteiger charge is -2.29. The summed E-state index contributed by atoms with van der Waals surface area (Å²) in [6.07, 6.45) is -4.67. The molecule has 0 aliphatic heterocycles. The molecule has 2 aromatic carbocycles. The molecule has 0 aliphatic rings. The molecule has 0 bridgehead atoms. The van der Waals surface area contributed by atoms with Crippen LogP contribution in [0.3, 0.4) is 0 Å². The molecule has 0 saturated carbocycles. The zero-order chi connectivity index (χ0) is 21.9. The highest BCUT2D eigenvalue weighted by molar-refractivity contribution is 7.91. The van der Waals surface area contributed by atoms with Crippen molar-refractivity contribution >= 4 is 16.2 Å². The Morgan fingerprint density at radius 1 is 0.966 bits per heavy atom. The van der Waals surface area contributed by atoms with Gasteiger partial charge in [-0.2, -0.15) is 0 Å². The number of alkyl halides is 3. The van der Waals surface area contributed by atoms with Crippen molar-refractivity contribution in [3.63, 3.8) is 0 Å². The summed E-state index contributed by atoms with van der Waals surface area (Å²) in [5, 5.41) is 9.78. The highest BCUT2D eigenvalue weighted by Gasteiger charge is 2.32. The van der Waals surface area contributed by atoms with E-state index in [1.54, 1.807) is 0 Å². The van der Waals surface area contributed by atoms with Gasteiger partial charge in [-0.25, -0.2) is 13.5 Å². The fourth-order valence-electron chi connectivity index (χ4n) is 2.32. The molecule has 0 unspecified atom stereocenters. The number of carbonyl (C=O) groups excluding carboxylic acids is 1. The minimum atomic E-state index is -4.79. The standard InChI is InChI=1S/C18H18F3NO6S/c1-17(2,22(24)12-23)11-29(25,26)16-9-7-14(8-10-16)27-13-3-5-15(6-4-13)28-18(19,20)21/h3-10,12,24H,11H2,1-2H3. The van der Waals surface area contributed by atoms with Crippen LogP contribution in [-0.2, 0) is 14.6 Å². The van der Waals surface area contributed by atoms with Gasteiger partial charge in [-0.1, -0.05) is 0 Å². The van der Waals surface area contributed by atoms with Crippen LogP contribution in [0.4, 0.5) is 13.2 Å². The maximum absolute atomic E-state index is 12.5. The van der Waals surface area contributed by atoms with Crippen molar-refractivity contribution in [3.05, 3.63) is 48.5 Å². The van der Waals surface area contributed by atoms with E-state index in [0.717, 1.165) is 12.1 Å². The normalized spacial score (nSPS) is 12.3. The summed E-state index contributed by atoms with van der Waals surface area (Å²) < 4.78 is 70.7. The molecule has 1 amide bonds. The molecule has 0 saturated heterocycles. The molecule has 158 valence electrons. The van der Waals surface area contributed by atoms with Gasteiger partial charge in [0.25, 0.3) is 0 Å². The molecule has 0 atom stereocenters. The molecule has 2 rings (SSSR count). The molecular weight excluding hydrogens is 415 g/mol. The number of ether oxygens (including phenoxy) is 2. The lowest BCUT2D eigenvalue weighted by Crippen LogP contribution is -2.46. The van der Waals surface area contributed by atoms with Gasteiger partial charge in [-0.15, -0.1) is 13.2 Å². The molecule has 0 heterocycles. The van der Waals surface area contributed by atoms with E-state index >= 15 is 0 Å². The number of halogens is 3. The number of nitrogens with zero attached hydrogens (tertiary/aromatic N) is 1. The lowest BCUT2D eigenvalue weighted by molar-refractivity contribution is -0.274. The third kappa shape index (κ3) is 6.36. The van der Waals surface area contributed by atoms with E-state index in [1.807, 2.05) is 0 Å². The highest BCUT2D eigenvalue weighted by Crippen LogP contribution is 2.28. The van der Waals surface area contributed by atoms with Gasteiger partial charge in [0.05, 0.1) is 16.2 Å². The fraction of sp³-hybridized carbons (Fsp3) is 0.278. The van der Waals surface area contributed by atoms with Gasteiger partial charge in [-0.05, 0) is 62.4 Å². The summed E-state index contributed by atoms with van der Waals surface area (Å²) in [6, 6.07) is 10.0. The highest BCUT2D eigenvalue weighted by atomic mass is 32.2. The Hall–Kier alpha value is -2.79. The Kier molecular flexibility index (Phi) is 6.43. The number of carbonyl (C=O) groups is 1. The van der Waals surface area contributed by atoms with Crippen LogP contribution in [-0.4, -0.2) is 42.8 Å². The van der Waals surface area contributed by atoms with Crippen LogP contribution in [0.15, 0.2) is 53.4 Å². The van der Waals surface area contributed by atoms with Crippen LogP contribution >= 0.6 is 0 Å². The first kappa shape index (κ1) is 22.5. The molecule has 29 heavy (non-hydrogen) atoms. The third-order valence-corrected chi connectivity index (χ3v) is 5.82. The first-order valence-electron chi connectivity index (χ1n) is 8.12. The average molecular weight is 433 g/mol. The van der Waals surface area contributed by atoms with Crippen molar-refractivity contribution in [2.75, 3.05) is 5.75 Å². The molecule has 0 radical (unpaired) electrons. The summed E-state index contributed by atoms with van der Waals surface area (Å²) in [5.41, 5.74) is -1.34. The number of hydrogen-bond acceptors (Lipinski definition) is 6. The fourth-order valence-corrected chi connectivity index (χ4v) is 4.10. The molecule has 1 N–H and O–H groups in total. The maximum atomic E-state index is 12.5. The third-order valence-electron chi connectivity index (χ3n) is 3.74. The number of sulfone groups is 1. The monoisotopic (exact) mass is 433 g/mol. The second kappa shape index (κ2) is 8.29. The Bertz CT molecular complexity index is 941. The average Bonchev–Trinajstić information content (AvgIpc) is 2.61. The Labute approximate surface area is 165 Å². The van der Waals surface area contributed by atoms with Gasteiger partial charge in [0.1, 0.15) is 17.2 Å². The van der Waals surface area contributed by atoms with E-state index in [1.165, 1.54) is 50.2 Å². The number of hydrogen-bond donors (Lipinski definition) is 1. The van der Waals surface area contributed by atoms with Crippen molar-refractivity contribution < 1.29 is 41.1 Å². The van der Waals surface area contributed by atoms with E-state index < -0.39 is 33.2 Å². The zero-order valence-electron chi connectivity index (χ0n) is 15.4. The smallest absolute Gasteiger partial charge is 0.457 e. The van der Waals surface area contributed by atoms with Gasteiger partial charge < -0.3 is 9.47 Å². The lowest BCUT2D eigenvalue weighted by atomic mass is 10.1. The number of amides is 1. The van der Waals surface area contributed by atoms with E-state index in [0.29, 0.717) is 0 Å². The van der Waals surface area contributed by atoms with Crippen LogP contribution in [0.25, 0.3) is 0 Å². The van der Waals surface area contributed by atoms with E-state index in [4.69, 9.17) is 4.74 Å². The molecule has 7 nitrogen and oxygen atoms in total. The number of rotatable bonds is 8. The van der Waals surface area contributed by atoms with Crippen molar-refractivity contribution in [1.29, 1.82) is 0 Å². The topological polar surface area (TPSA) is 93.1 Å². The quantitative estimate of drug-likeness (QED) is 0.387. The van der Waals surface area contributed by atoms with Gasteiger partial charge in [0.15, 0.2) is 9.84 Å². The zero-order valence-corrected chi connectivity index (χ0v) is 16.2. The van der Waals surface area contributed by atoms with Crippen LogP contribution in [0.2, 0.25) is 0 Å². The van der Waals surface area contributed by atoms with Crippen molar-refractivity contribution in [1.82, 2.24) is 5.06 Å². The van der Waals surface area contributed by atoms with Gasteiger partial charge in [0.2, 0.25) is 6.41 Å². The second-order valence-electron chi connectivity index (χ2n) is 6.61. The number of hydroxylamine groups is 2. The molecule has 0 spiro atoms. The van der Waals surface area contributed by atoms with Crippen molar-refractivity contribution in [2.45, 2.75) is 30.6 Å². The Morgan fingerprint density at radius 3 is 1.86 bits per heavy atom. The van der Waals surface area contributed by atoms with Crippen LogP contribution in [0.5, 0.6) is 17.2 Å². The summed E-state index contributed by atoms with van der Waals surface area (Å²) in [6.45, 7) is 2.78. The predicted octanol–water partition coefficient (Wildman–Crippen LogP) is 3.78. The van der Waals surface area contributed by atoms with E-state index in [2.05, 4.69) is 4.74 Å². The van der Waals surface area contributed by atoms with Gasteiger partial charge >= 0.3 is 6.36 Å². The summed E-state index contributed by atoms with van der Waals surface area (Å²) in [5.74, 6) is -0.444. The largest absolute Gasteiger partial charge is 0.573 e. The van der Waals surface area contributed by atoms with E-state index in [9.17, 15) is 31.6 Å². The first-order chi connectivity index (χ1) is 13.3. The summed E-state index contributed by atoms with van der Waals surface area (Å²) in [7, 11) is -3.82. The SMILES string of the molecule is CC(C)(CS(=O)(=O)c1ccc(Oc2ccc(OC(F)(F)F)cc2)cc1)N(O)C=O. The minimum absolute atomic E-state index is 0.0499. The van der Waals surface area contributed by atoms with Crippen molar-refractivity contribution in [2.24, 2.45) is 0 Å². The first-order valence-corrected chi connectivity index (χ1v) is 9.78. The molecule has 0 fully saturated rings. The minimum Gasteiger partial charge on any atom is -0.457 e. The van der Waals surface area contributed by atoms with Gasteiger partial charge in [0, 0.05) is 0 Å². The Morgan fingerprint density at radius 2 is 1.41 bits per heavy atom. The molecule has 2 aromatic rings. The van der Waals surface area contributed by atoms with Gasteiger partial charge in [-0.3, -0.25) is 10.0 Å². The molecule has 0 aromatic heterocycles. The summed E-state index contributed by atoms with van der Waals surface area (Å²) in [4.78, 5) is 10.6. The van der Waals surface area contributed by atoms with Crippen LogP contribution in [0, 0.1) is 0 Å². The van der Waals surface area contributed by atoms with Crippen LogP contribution < -0.4 is 9.47 Å². The van der Waals surface area contributed by atoms with Crippen LogP contribution in [0.1, 0.15) is 13.8 Å². The molecule has 0 aliphatic carbocycles. The molecular formula is C18H18F3NO6S. The predicted molar refractivity (Wildman–Crippen MR) is 95.5 cm³/mol. The Balaban J connectivity index is 2.09. The number of benzene rings is 2. The maximum Gasteiger partial charge on any atom is 0.573 e.